The average molecular weight is 245 g/mol. The number of fused-ring (bicyclic) bond motifs is 9. The lowest BCUT2D eigenvalue weighted by molar-refractivity contribution is -0.128. The van der Waals surface area contributed by atoms with Gasteiger partial charge in [0.05, 0.1) is 0 Å². The van der Waals surface area contributed by atoms with E-state index in [0.29, 0.717) is 6.04 Å². The zero-order valence-corrected chi connectivity index (χ0v) is 11.2. The molecule has 4 bridgehead atoms. The Kier molecular flexibility index (Phi) is 2.22. The Morgan fingerprint density at radius 3 is 2.56 bits per heavy atom. The second-order valence-corrected chi connectivity index (χ2v) is 7.10. The summed E-state index contributed by atoms with van der Waals surface area (Å²) in [6.45, 7) is 3.63. The fourth-order valence-corrected chi connectivity index (χ4v) is 6.28. The largest absolute Gasteiger partial charge is 0.339 e. The summed E-state index contributed by atoms with van der Waals surface area (Å²) in [6.07, 6.45) is 8.63. The quantitative estimate of drug-likeness (QED) is 0.541. The van der Waals surface area contributed by atoms with Gasteiger partial charge in [-0.2, -0.15) is 0 Å². The van der Waals surface area contributed by atoms with Crippen LogP contribution in [0.15, 0.2) is 12.7 Å². The molecule has 98 valence electrons. The fourth-order valence-electron chi connectivity index (χ4n) is 6.28. The van der Waals surface area contributed by atoms with Gasteiger partial charge in [0.2, 0.25) is 5.91 Å². The van der Waals surface area contributed by atoms with Crippen LogP contribution in [0.3, 0.4) is 0 Å². The summed E-state index contributed by atoms with van der Waals surface area (Å²) in [5.74, 6) is 5.92. The van der Waals surface area contributed by atoms with Gasteiger partial charge in [-0.1, -0.05) is 6.58 Å². The van der Waals surface area contributed by atoms with Gasteiger partial charge < -0.3 is 4.90 Å². The van der Waals surface area contributed by atoms with Crippen LogP contribution in [0, 0.1) is 35.5 Å². The number of likely N-dealkylation sites (N-methyl/N-ethyl adjacent to an activating group) is 1. The third-order valence-corrected chi connectivity index (χ3v) is 6.72. The molecule has 0 N–H and O–H groups in total. The molecule has 2 heteroatoms. The van der Waals surface area contributed by atoms with E-state index in [9.17, 15) is 4.79 Å². The van der Waals surface area contributed by atoms with Gasteiger partial charge in [-0.15, -0.1) is 0 Å². The van der Waals surface area contributed by atoms with E-state index in [-0.39, 0.29) is 5.91 Å². The zero-order valence-electron chi connectivity index (χ0n) is 11.2. The van der Waals surface area contributed by atoms with Crippen LogP contribution in [-0.4, -0.2) is 23.9 Å². The third kappa shape index (κ3) is 1.22. The van der Waals surface area contributed by atoms with Crippen molar-refractivity contribution in [2.24, 2.45) is 35.5 Å². The first-order valence-electron chi connectivity index (χ1n) is 7.60. The second-order valence-electron chi connectivity index (χ2n) is 7.10. The molecule has 4 fully saturated rings. The highest BCUT2D eigenvalue weighted by Crippen LogP contribution is 2.67. The molecule has 0 saturated heterocycles. The van der Waals surface area contributed by atoms with E-state index < -0.39 is 0 Å². The molecule has 1 amide bonds. The maximum Gasteiger partial charge on any atom is 0.245 e. The van der Waals surface area contributed by atoms with Crippen LogP contribution >= 0.6 is 0 Å². The van der Waals surface area contributed by atoms with E-state index in [0.717, 1.165) is 35.5 Å². The van der Waals surface area contributed by atoms with Gasteiger partial charge in [-0.25, -0.2) is 0 Å². The van der Waals surface area contributed by atoms with E-state index in [4.69, 9.17) is 0 Å². The van der Waals surface area contributed by atoms with E-state index in [1.54, 1.807) is 0 Å². The van der Waals surface area contributed by atoms with Gasteiger partial charge in [-0.3, -0.25) is 4.79 Å². The molecule has 4 saturated carbocycles. The Morgan fingerprint density at radius 2 is 1.83 bits per heavy atom. The molecule has 18 heavy (non-hydrogen) atoms. The monoisotopic (exact) mass is 245 g/mol. The van der Waals surface area contributed by atoms with Crippen molar-refractivity contribution in [3.63, 3.8) is 0 Å². The summed E-state index contributed by atoms with van der Waals surface area (Å²) < 4.78 is 0. The first-order chi connectivity index (χ1) is 8.70. The average Bonchev–Trinajstić information content (AvgIpc) is 3.12. The SMILES string of the molecule is C=CC(=O)N(C)C1CC2CC1C1C3CCC(C3)C21. The molecule has 0 aromatic carbocycles. The zero-order chi connectivity index (χ0) is 12.4. The molecule has 0 aromatic heterocycles. The summed E-state index contributed by atoms with van der Waals surface area (Å²) in [4.78, 5) is 13.8. The maximum atomic E-state index is 11.8. The lowest BCUT2D eigenvalue weighted by Gasteiger charge is -2.41. The van der Waals surface area contributed by atoms with Gasteiger partial charge >= 0.3 is 0 Å². The van der Waals surface area contributed by atoms with Crippen molar-refractivity contribution in [3.8, 4) is 0 Å². The molecule has 7 unspecified atom stereocenters. The Bertz CT molecular complexity index is 404. The predicted octanol–water partition coefficient (Wildman–Crippen LogP) is 2.70. The number of hydrogen-bond donors (Lipinski definition) is 0. The predicted molar refractivity (Wildman–Crippen MR) is 70.8 cm³/mol. The summed E-state index contributed by atoms with van der Waals surface area (Å²) in [5, 5.41) is 0. The molecule has 2 nitrogen and oxygen atoms in total. The normalized spacial score (nSPS) is 51.5. The summed E-state index contributed by atoms with van der Waals surface area (Å²) in [6, 6.07) is 0.515. The standard InChI is InChI=1S/C16H23NO/c1-3-14(18)17(2)13-8-11-7-12(13)16-10-5-4-9(6-10)15(11)16/h3,9-13,15-16H,1,4-8H2,2H3. The minimum absolute atomic E-state index is 0.118. The molecule has 0 spiro atoms. The van der Waals surface area contributed by atoms with Crippen molar-refractivity contribution >= 4 is 5.91 Å². The van der Waals surface area contributed by atoms with Crippen molar-refractivity contribution in [1.29, 1.82) is 0 Å². The van der Waals surface area contributed by atoms with E-state index >= 15 is 0 Å². The van der Waals surface area contributed by atoms with Crippen LogP contribution in [0.1, 0.15) is 32.1 Å². The topological polar surface area (TPSA) is 20.3 Å². The van der Waals surface area contributed by atoms with Crippen molar-refractivity contribution in [3.05, 3.63) is 12.7 Å². The molecule has 0 heterocycles. The summed E-state index contributed by atoms with van der Waals surface area (Å²) in [5.41, 5.74) is 0. The molecule has 4 rings (SSSR count). The van der Waals surface area contributed by atoms with Gasteiger partial charge in [-0.05, 0) is 73.7 Å². The Balaban J connectivity index is 1.58. The lowest BCUT2D eigenvalue weighted by atomic mass is 9.69. The van der Waals surface area contributed by atoms with Crippen molar-refractivity contribution < 1.29 is 4.79 Å². The van der Waals surface area contributed by atoms with Crippen LogP contribution < -0.4 is 0 Å². The number of carbonyl (C=O) groups is 1. The van der Waals surface area contributed by atoms with Gasteiger partial charge in [0.15, 0.2) is 0 Å². The molecular formula is C16H23NO. The van der Waals surface area contributed by atoms with Gasteiger partial charge in [0, 0.05) is 13.1 Å². The third-order valence-electron chi connectivity index (χ3n) is 6.72. The highest BCUT2D eigenvalue weighted by molar-refractivity contribution is 5.87. The van der Waals surface area contributed by atoms with Crippen LogP contribution in [-0.2, 0) is 4.79 Å². The molecule has 7 atom stereocenters. The minimum atomic E-state index is 0.118. The van der Waals surface area contributed by atoms with Gasteiger partial charge in [0.1, 0.15) is 0 Å². The van der Waals surface area contributed by atoms with Crippen molar-refractivity contribution in [2.45, 2.75) is 38.1 Å². The van der Waals surface area contributed by atoms with Crippen LogP contribution in [0.2, 0.25) is 0 Å². The number of nitrogens with zero attached hydrogens (tertiary/aromatic N) is 1. The van der Waals surface area contributed by atoms with E-state index in [2.05, 4.69) is 6.58 Å². The summed E-state index contributed by atoms with van der Waals surface area (Å²) in [7, 11) is 1.98. The highest BCUT2D eigenvalue weighted by atomic mass is 16.2. The Labute approximate surface area is 109 Å². The second kappa shape index (κ2) is 3.61. The fraction of sp³-hybridized carbons (Fsp3) is 0.812. The van der Waals surface area contributed by atoms with E-state index in [1.807, 2.05) is 11.9 Å². The number of amides is 1. The molecule has 0 aromatic rings. The smallest absolute Gasteiger partial charge is 0.245 e. The molecule has 0 radical (unpaired) electrons. The lowest BCUT2D eigenvalue weighted by Crippen LogP contribution is -2.45. The molecule has 0 aliphatic heterocycles. The molecular weight excluding hydrogens is 222 g/mol. The Morgan fingerprint density at radius 1 is 1.11 bits per heavy atom. The van der Waals surface area contributed by atoms with E-state index in [1.165, 1.54) is 38.2 Å². The molecule has 4 aliphatic carbocycles. The molecule has 4 aliphatic rings. The number of carbonyl (C=O) groups excluding carboxylic acids is 1. The highest BCUT2D eigenvalue weighted by Gasteiger charge is 2.62. The number of rotatable bonds is 2. The minimum Gasteiger partial charge on any atom is -0.339 e. The Hall–Kier alpha value is -0.790. The van der Waals surface area contributed by atoms with Crippen molar-refractivity contribution in [2.75, 3.05) is 7.05 Å². The first-order valence-corrected chi connectivity index (χ1v) is 7.60. The van der Waals surface area contributed by atoms with Crippen molar-refractivity contribution in [1.82, 2.24) is 4.90 Å². The van der Waals surface area contributed by atoms with Crippen LogP contribution in [0.4, 0.5) is 0 Å². The summed E-state index contributed by atoms with van der Waals surface area (Å²) >= 11 is 0. The first kappa shape index (κ1) is 11.1. The van der Waals surface area contributed by atoms with Gasteiger partial charge in [0.25, 0.3) is 0 Å². The number of hydrogen-bond acceptors (Lipinski definition) is 1. The van der Waals surface area contributed by atoms with Crippen LogP contribution in [0.5, 0.6) is 0 Å². The maximum absolute atomic E-state index is 11.8. The van der Waals surface area contributed by atoms with Crippen LogP contribution in [0.25, 0.3) is 0 Å².